The summed E-state index contributed by atoms with van der Waals surface area (Å²) in [7, 11) is 0. The zero-order valence-electron chi connectivity index (χ0n) is 19.7. The molecule has 0 amide bonds. The second kappa shape index (κ2) is 13.1. The van der Waals surface area contributed by atoms with Gasteiger partial charge in [-0.3, -0.25) is 0 Å². The number of hydrogen-bond donors (Lipinski definition) is 2. The summed E-state index contributed by atoms with van der Waals surface area (Å²) in [4.78, 5) is 11.1. The Kier molecular flexibility index (Phi) is 9.61. The van der Waals surface area contributed by atoms with E-state index in [2.05, 4.69) is 67.3 Å². The maximum atomic E-state index is 11.1. The van der Waals surface area contributed by atoms with Gasteiger partial charge in [0.1, 0.15) is 17.1 Å². The number of carboxylic acid groups (broad SMARTS) is 1. The summed E-state index contributed by atoms with van der Waals surface area (Å²) in [6.07, 6.45) is 7.50. The van der Waals surface area contributed by atoms with Crippen molar-refractivity contribution >= 4 is 5.97 Å². The number of rotatable bonds is 11. The molecule has 0 atom stereocenters. The first-order valence-electron chi connectivity index (χ1n) is 11.9. The molecule has 0 bridgehead atoms. The number of aryl methyl sites for hydroxylation is 2. The first kappa shape index (κ1) is 24.9. The van der Waals surface area contributed by atoms with E-state index >= 15 is 0 Å². The van der Waals surface area contributed by atoms with Gasteiger partial charge in [-0.1, -0.05) is 49.5 Å². The minimum atomic E-state index is -1.17. The fraction of sp³-hybridized carbons (Fsp3) is 0.300. The lowest BCUT2D eigenvalue weighted by atomic mass is 10.0. The Morgan fingerprint density at radius 2 is 1.38 bits per heavy atom. The van der Waals surface area contributed by atoms with Crippen LogP contribution in [-0.4, -0.2) is 22.8 Å². The Morgan fingerprint density at radius 3 is 1.94 bits per heavy atom. The van der Waals surface area contributed by atoms with Crippen molar-refractivity contribution in [1.82, 2.24) is 0 Å². The highest BCUT2D eigenvalue weighted by atomic mass is 16.5. The second-order valence-corrected chi connectivity index (χ2v) is 8.39. The van der Waals surface area contributed by atoms with Gasteiger partial charge in [-0.15, -0.1) is 0 Å². The van der Waals surface area contributed by atoms with Gasteiger partial charge in [0.25, 0.3) is 0 Å². The largest absolute Gasteiger partial charge is 0.507 e. The van der Waals surface area contributed by atoms with Crippen LogP contribution in [0.2, 0.25) is 0 Å². The zero-order valence-corrected chi connectivity index (χ0v) is 19.7. The maximum absolute atomic E-state index is 11.1. The van der Waals surface area contributed by atoms with Gasteiger partial charge in [-0.25, -0.2) is 4.79 Å². The topological polar surface area (TPSA) is 66.8 Å². The van der Waals surface area contributed by atoms with E-state index in [-0.39, 0.29) is 11.3 Å². The van der Waals surface area contributed by atoms with E-state index in [9.17, 15) is 9.90 Å². The van der Waals surface area contributed by atoms with Crippen LogP contribution in [0.25, 0.3) is 0 Å². The molecule has 0 fully saturated rings. The van der Waals surface area contributed by atoms with Crippen LogP contribution in [0.4, 0.5) is 0 Å². The molecule has 3 rings (SSSR count). The summed E-state index contributed by atoms with van der Waals surface area (Å²) in [5.74, 6) is 5.52. The van der Waals surface area contributed by atoms with Crippen LogP contribution in [0.5, 0.6) is 11.5 Å². The van der Waals surface area contributed by atoms with Gasteiger partial charge in [0.15, 0.2) is 0 Å². The lowest BCUT2D eigenvalue weighted by molar-refractivity contribution is 0.0693. The quantitative estimate of drug-likeness (QED) is 0.251. The minimum Gasteiger partial charge on any atom is -0.507 e. The molecule has 34 heavy (non-hydrogen) atoms. The molecule has 0 aliphatic heterocycles. The van der Waals surface area contributed by atoms with Crippen molar-refractivity contribution in [3.05, 3.63) is 94.5 Å². The van der Waals surface area contributed by atoms with E-state index in [0.29, 0.717) is 12.4 Å². The predicted molar refractivity (Wildman–Crippen MR) is 136 cm³/mol. The SMILES string of the molecule is CCCCc1ccc(C#Cc2ccc(CCCCCOc3ccc(O)c(C(=O)O)c3)cc2)cc1. The van der Waals surface area contributed by atoms with Gasteiger partial charge in [0.05, 0.1) is 6.61 Å². The van der Waals surface area contributed by atoms with Crippen molar-refractivity contribution in [2.24, 2.45) is 0 Å². The van der Waals surface area contributed by atoms with Gasteiger partial charge in [-0.2, -0.15) is 0 Å². The molecule has 3 aromatic carbocycles. The van der Waals surface area contributed by atoms with Crippen molar-refractivity contribution < 1.29 is 19.7 Å². The number of aromatic carboxylic acids is 1. The number of hydrogen-bond acceptors (Lipinski definition) is 3. The van der Waals surface area contributed by atoms with E-state index in [1.807, 2.05) is 0 Å². The van der Waals surface area contributed by atoms with Crippen molar-refractivity contribution in [2.75, 3.05) is 6.61 Å². The Bertz CT molecular complexity index is 1120. The Morgan fingerprint density at radius 1 is 0.794 bits per heavy atom. The Balaban J connectivity index is 1.37. The molecule has 0 saturated heterocycles. The molecule has 0 aliphatic rings. The molecule has 0 saturated carbocycles. The first-order valence-corrected chi connectivity index (χ1v) is 11.9. The van der Waals surface area contributed by atoms with Crippen LogP contribution >= 0.6 is 0 Å². The van der Waals surface area contributed by atoms with Crippen molar-refractivity contribution in [2.45, 2.75) is 51.9 Å². The average Bonchev–Trinajstić information content (AvgIpc) is 2.85. The van der Waals surface area contributed by atoms with E-state index in [0.717, 1.165) is 43.2 Å². The summed E-state index contributed by atoms with van der Waals surface area (Å²) in [6, 6.07) is 21.2. The third kappa shape index (κ3) is 8.01. The number of carboxylic acids is 1. The van der Waals surface area contributed by atoms with E-state index in [1.165, 1.54) is 36.1 Å². The van der Waals surface area contributed by atoms with E-state index in [4.69, 9.17) is 9.84 Å². The molecular formula is C30H32O4. The molecule has 176 valence electrons. The lowest BCUT2D eigenvalue weighted by Gasteiger charge is -2.08. The van der Waals surface area contributed by atoms with Gasteiger partial charge in [0.2, 0.25) is 0 Å². The summed E-state index contributed by atoms with van der Waals surface area (Å²) in [6.45, 7) is 2.72. The fourth-order valence-corrected chi connectivity index (χ4v) is 3.61. The smallest absolute Gasteiger partial charge is 0.339 e. The highest BCUT2D eigenvalue weighted by Gasteiger charge is 2.10. The number of phenols is 1. The van der Waals surface area contributed by atoms with E-state index < -0.39 is 5.97 Å². The van der Waals surface area contributed by atoms with Gasteiger partial charge in [0, 0.05) is 11.1 Å². The molecule has 0 spiro atoms. The molecule has 0 radical (unpaired) electrons. The monoisotopic (exact) mass is 456 g/mol. The highest BCUT2D eigenvalue weighted by molar-refractivity contribution is 5.91. The molecular weight excluding hydrogens is 424 g/mol. The maximum Gasteiger partial charge on any atom is 0.339 e. The standard InChI is InChI=1S/C30H32O4/c1-2-3-7-23-9-13-25(14-10-23)17-18-26-15-11-24(12-16-26)8-5-4-6-21-34-27-19-20-29(31)28(22-27)30(32)33/h9-16,19-20,22,31H,2-8,21H2,1H3,(H,32,33). The summed E-state index contributed by atoms with van der Waals surface area (Å²) in [5, 5.41) is 18.6. The minimum absolute atomic E-state index is 0.147. The lowest BCUT2D eigenvalue weighted by Crippen LogP contribution is -2.01. The first-order chi connectivity index (χ1) is 16.5. The normalized spacial score (nSPS) is 10.4. The molecule has 0 aromatic heterocycles. The zero-order chi connectivity index (χ0) is 24.2. The van der Waals surface area contributed by atoms with Gasteiger partial charge >= 0.3 is 5.97 Å². The number of benzene rings is 3. The van der Waals surface area contributed by atoms with Crippen LogP contribution in [0, 0.1) is 11.8 Å². The van der Waals surface area contributed by atoms with Crippen LogP contribution < -0.4 is 4.74 Å². The van der Waals surface area contributed by atoms with Crippen LogP contribution in [-0.2, 0) is 12.8 Å². The van der Waals surface area contributed by atoms with Crippen LogP contribution in [0.15, 0.2) is 66.7 Å². The highest BCUT2D eigenvalue weighted by Crippen LogP contribution is 2.23. The third-order valence-corrected chi connectivity index (χ3v) is 5.65. The van der Waals surface area contributed by atoms with E-state index in [1.54, 1.807) is 6.07 Å². The summed E-state index contributed by atoms with van der Waals surface area (Å²) < 4.78 is 5.62. The van der Waals surface area contributed by atoms with Crippen molar-refractivity contribution in [3.8, 4) is 23.3 Å². The van der Waals surface area contributed by atoms with Crippen LogP contribution in [0.1, 0.15) is 71.6 Å². The molecule has 4 nitrogen and oxygen atoms in total. The Hall–Kier alpha value is -3.71. The average molecular weight is 457 g/mol. The third-order valence-electron chi connectivity index (χ3n) is 5.65. The second-order valence-electron chi connectivity index (χ2n) is 8.39. The number of unbranched alkanes of at least 4 members (excludes halogenated alkanes) is 3. The fourth-order valence-electron chi connectivity index (χ4n) is 3.61. The number of carbonyl (C=O) groups is 1. The summed E-state index contributed by atoms with van der Waals surface area (Å²) in [5.41, 5.74) is 4.57. The number of aromatic hydroxyl groups is 1. The van der Waals surface area contributed by atoms with Gasteiger partial charge in [-0.05, 0) is 92.1 Å². The molecule has 0 aliphatic carbocycles. The molecule has 3 aromatic rings. The van der Waals surface area contributed by atoms with Gasteiger partial charge < -0.3 is 14.9 Å². The molecule has 4 heteroatoms. The molecule has 0 heterocycles. The van der Waals surface area contributed by atoms with Crippen LogP contribution in [0.3, 0.4) is 0 Å². The van der Waals surface area contributed by atoms with Crippen molar-refractivity contribution in [3.63, 3.8) is 0 Å². The molecule has 0 unspecified atom stereocenters. The predicted octanol–water partition coefficient (Wildman–Crippen LogP) is 6.62. The summed E-state index contributed by atoms with van der Waals surface area (Å²) >= 11 is 0. The van der Waals surface area contributed by atoms with Crippen molar-refractivity contribution in [1.29, 1.82) is 0 Å². The Labute approximate surface area is 202 Å². The molecule has 2 N–H and O–H groups in total. The number of ether oxygens (including phenoxy) is 1.